The molecular weight excluding hydrogens is 913 g/mol. The average molecular weight is 952 g/mol. The standard InChI is InChI=1S/C63H39F6N3/c64-62(65,66)53-22-13-23-54(63(67,68)69)61(53)52-37-60(72-57-34-45(41-18-9-3-10-19-41)26-30-50(57)51-31-27-46(35-58(51)72)42-20-11-4-12-21-42)59(36-47(52)38-70)71-55-32-43(39-14-5-1-6-15-39)24-28-48(55)49-29-25-44(33-56(49)71)40-16-7-2-8-17-40/h1-18,20,22-37H,19,21H2. The van der Waals surface area contributed by atoms with E-state index in [2.05, 4.69) is 30.4 Å². The predicted octanol–water partition coefficient (Wildman–Crippen LogP) is 16.1. The summed E-state index contributed by atoms with van der Waals surface area (Å²) in [6, 6.07) is 51.2. The number of nitrogens with zero attached hydrogens (tertiary/aromatic N) is 3. The Bertz CT molecular complexity index is 3950. The highest BCUT2D eigenvalue weighted by Gasteiger charge is 2.42. The summed E-state index contributed by atoms with van der Waals surface area (Å²) in [6.07, 6.45) is 6.94. The van der Waals surface area contributed by atoms with Crippen LogP contribution in [0.2, 0.25) is 0 Å². The van der Waals surface area contributed by atoms with E-state index < -0.39 is 34.6 Å². The van der Waals surface area contributed by atoms with Crippen molar-refractivity contribution in [2.24, 2.45) is 0 Å². The van der Waals surface area contributed by atoms with Gasteiger partial charge in [-0.1, -0.05) is 164 Å². The van der Waals surface area contributed by atoms with Crippen LogP contribution in [0.25, 0.3) is 99.5 Å². The molecule has 10 aromatic rings. The number of allylic oxidation sites excluding steroid dienone is 8. The summed E-state index contributed by atoms with van der Waals surface area (Å²) >= 11 is 0. The summed E-state index contributed by atoms with van der Waals surface area (Å²) in [6.45, 7) is 0. The van der Waals surface area contributed by atoms with Gasteiger partial charge in [-0.05, 0) is 105 Å². The summed E-state index contributed by atoms with van der Waals surface area (Å²) in [7, 11) is 0. The van der Waals surface area contributed by atoms with Crippen molar-refractivity contribution in [3.05, 3.63) is 240 Å². The van der Waals surface area contributed by atoms with Gasteiger partial charge >= 0.3 is 12.4 Å². The van der Waals surface area contributed by atoms with Gasteiger partial charge < -0.3 is 9.13 Å². The van der Waals surface area contributed by atoms with Gasteiger partial charge in [-0.25, -0.2) is 0 Å². The number of aromatic nitrogens is 2. The lowest BCUT2D eigenvalue weighted by Gasteiger charge is -2.23. The zero-order chi connectivity index (χ0) is 49.3. The Morgan fingerprint density at radius 3 is 1.26 bits per heavy atom. The molecule has 0 saturated carbocycles. The van der Waals surface area contributed by atoms with E-state index in [1.54, 1.807) is 0 Å². The summed E-state index contributed by atoms with van der Waals surface area (Å²) in [4.78, 5) is 0. The molecule has 2 aliphatic rings. The van der Waals surface area contributed by atoms with Crippen molar-refractivity contribution in [1.82, 2.24) is 9.13 Å². The molecular formula is C63H39F6N3. The molecule has 12 rings (SSSR count). The lowest BCUT2D eigenvalue weighted by molar-refractivity contribution is -0.142. The largest absolute Gasteiger partial charge is 0.417 e. The first-order valence-electron chi connectivity index (χ1n) is 23.5. The summed E-state index contributed by atoms with van der Waals surface area (Å²) in [5.74, 6) is 0. The Labute approximate surface area is 409 Å². The van der Waals surface area contributed by atoms with E-state index in [0.29, 0.717) is 52.7 Å². The smallest absolute Gasteiger partial charge is 0.307 e. The van der Waals surface area contributed by atoms with Gasteiger partial charge in [-0.15, -0.1) is 0 Å². The number of fused-ring (bicyclic) bond motifs is 6. The lowest BCUT2D eigenvalue weighted by Crippen LogP contribution is -2.15. The minimum absolute atomic E-state index is 0.269. The Morgan fingerprint density at radius 2 is 0.847 bits per heavy atom. The first-order valence-corrected chi connectivity index (χ1v) is 23.5. The van der Waals surface area contributed by atoms with Crippen molar-refractivity contribution in [1.29, 1.82) is 5.26 Å². The van der Waals surface area contributed by atoms with E-state index in [4.69, 9.17) is 0 Å². The van der Waals surface area contributed by atoms with Crippen LogP contribution >= 0.6 is 0 Å². The van der Waals surface area contributed by atoms with E-state index in [-0.39, 0.29) is 11.3 Å². The molecule has 2 aliphatic carbocycles. The zero-order valence-electron chi connectivity index (χ0n) is 38.2. The first kappa shape index (κ1) is 44.3. The van der Waals surface area contributed by atoms with Crippen molar-refractivity contribution in [2.45, 2.75) is 25.2 Å². The highest BCUT2D eigenvalue weighted by atomic mass is 19.4. The van der Waals surface area contributed by atoms with E-state index >= 15 is 26.3 Å². The molecule has 0 N–H and O–H groups in total. The second-order valence-electron chi connectivity index (χ2n) is 18.1. The third kappa shape index (κ3) is 7.55. The molecule has 8 aromatic carbocycles. The highest BCUT2D eigenvalue weighted by molar-refractivity contribution is 6.13. The number of nitriles is 1. The van der Waals surface area contributed by atoms with Gasteiger partial charge in [-0.2, -0.15) is 31.6 Å². The normalized spacial score (nSPS) is 15.3. The van der Waals surface area contributed by atoms with Gasteiger partial charge in [0.05, 0.1) is 56.2 Å². The Hall–Kier alpha value is -8.87. The van der Waals surface area contributed by atoms with Crippen molar-refractivity contribution in [3.8, 4) is 50.8 Å². The highest BCUT2D eigenvalue weighted by Crippen LogP contribution is 2.48. The fourth-order valence-electron chi connectivity index (χ4n) is 10.6. The van der Waals surface area contributed by atoms with Gasteiger partial charge in [0, 0.05) is 32.7 Å². The molecule has 0 saturated heterocycles. The van der Waals surface area contributed by atoms with Crippen LogP contribution in [-0.2, 0) is 12.4 Å². The van der Waals surface area contributed by atoms with Crippen molar-refractivity contribution in [3.63, 3.8) is 0 Å². The van der Waals surface area contributed by atoms with Crippen LogP contribution in [0, 0.1) is 11.3 Å². The molecule has 0 amide bonds. The first-order chi connectivity index (χ1) is 34.9. The number of hydrogen-bond donors (Lipinski definition) is 0. The molecule has 0 aliphatic heterocycles. The maximum absolute atomic E-state index is 15.3. The molecule has 3 nitrogen and oxygen atoms in total. The Morgan fingerprint density at radius 1 is 0.417 bits per heavy atom. The Balaban J connectivity index is 1.31. The van der Waals surface area contributed by atoms with E-state index in [0.717, 1.165) is 71.4 Å². The van der Waals surface area contributed by atoms with E-state index in [1.165, 1.54) is 12.1 Å². The second-order valence-corrected chi connectivity index (χ2v) is 18.1. The van der Waals surface area contributed by atoms with E-state index in [1.807, 2.05) is 167 Å². The molecule has 9 heteroatoms. The number of halogens is 6. The second kappa shape index (κ2) is 17.2. The maximum Gasteiger partial charge on any atom is 0.417 e. The fraction of sp³-hybridized carbons (Fsp3) is 0.0635. The number of alkyl halides is 6. The molecule has 0 radical (unpaired) electrons. The molecule has 0 spiro atoms. The predicted molar refractivity (Wildman–Crippen MR) is 278 cm³/mol. The van der Waals surface area contributed by atoms with Crippen molar-refractivity contribution >= 4 is 54.8 Å². The average Bonchev–Trinajstić information content (AvgIpc) is 3.91. The van der Waals surface area contributed by atoms with Crippen molar-refractivity contribution in [2.75, 3.05) is 0 Å². The van der Waals surface area contributed by atoms with Crippen LogP contribution in [0.5, 0.6) is 0 Å². The van der Waals surface area contributed by atoms with Gasteiger partial charge in [0.2, 0.25) is 0 Å². The Kier molecular flexibility index (Phi) is 10.6. The topological polar surface area (TPSA) is 33.6 Å². The molecule has 0 bridgehead atoms. The fourth-order valence-corrected chi connectivity index (χ4v) is 10.6. The maximum atomic E-state index is 15.3. The van der Waals surface area contributed by atoms with Crippen LogP contribution in [-0.4, -0.2) is 9.13 Å². The molecule has 0 unspecified atom stereocenters. The van der Waals surface area contributed by atoms with Crippen molar-refractivity contribution < 1.29 is 26.3 Å². The number of benzene rings is 8. The zero-order valence-corrected chi connectivity index (χ0v) is 38.2. The monoisotopic (exact) mass is 951 g/mol. The third-order valence-corrected chi connectivity index (χ3v) is 13.9. The van der Waals surface area contributed by atoms with Crippen LogP contribution in [0.15, 0.2) is 212 Å². The number of rotatable bonds is 5. The van der Waals surface area contributed by atoms with Gasteiger partial charge in [0.15, 0.2) is 0 Å². The minimum Gasteiger partial charge on any atom is -0.307 e. The minimum atomic E-state index is -5.22. The molecule has 72 heavy (non-hydrogen) atoms. The SMILES string of the molecule is N#Cc1cc(-n2c3cc(-c4ccccc4)ccc3c3ccc(-c4ccccc4)cc32)c(-n2c3cc(=C4C=CC=CC4)ccc3c3ccc(=C4C=CC=CC4)cc32)cc1-c1c(C(F)(F)F)cccc1C(F)(F)F. The lowest BCUT2D eigenvalue weighted by atomic mass is 9.89. The van der Waals surface area contributed by atoms with Gasteiger partial charge in [0.1, 0.15) is 0 Å². The van der Waals surface area contributed by atoms with E-state index in [9.17, 15) is 5.26 Å². The summed E-state index contributed by atoms with van der Waals surface area (Å²) < 4.78 is 95.7. The third-order valence-electron chi connectivity index (χ3n) is 13.9. The molecule has 0 fully saturated rings. The number of hydrogen-bond acceptors (Lipinski definition) is 1. The van der Waals surface area contributed by atoms with Gasteiger partial charge in [-0.3, -0.25) is 0 Å². The van der Waals surface area contributed by atoms with Crippen LogP contribution in [0.1, 0.15) is 29.5 Å². The van der Waals surface area contributed by atoms with Crippen LogP contribution in [0.3, 0.4) is 0 Å². The molecule has 348 valence electrons. The summed E-state index contributed by atoms with van der Waals surface area (Å²) in [5.41, 5.74) is 4.14. The van der Waals surface area contributed by atoms with Gasteiger partial charge in [0.25, 0.3) is 0 Å². The molecule has 2 aromatic heterocycles. The molecule has 0 atom stereocenters. The summed E-state index contributed by atoms with van der Waals surface area (Å²) in [5, 5.41) is 16.3. The van der Waals surface area contributed by atoms with Crippen LogP contribution < -0.4 is 10.4 Å². The van der Waals surface area contributed by atoms with Crippen LogP contribution in [0.4, 0.5) is 26.3 Å². The molecule has 2 heterocycles. The quantitative estimate of drug-likeness (QED) is 0.158.